The van der Waals surface area contributed by atoms with E-state index in [2.05, 4.69) is 26.2 Å². The predicted molar refractivity (Wildman–Crippen MR) is 215 cm³/mol. The average molecular weight is 810 g/mol. The van der Waals surface area contributed by atoms with Crippen LogP contribution in [-0.4, -0.2) is 65.1 Å². The molecule has 3 amide bonds. The number of nitrogens with zero attached hydrogens (tertiary/aromatic N) is 2. The van der Waals surface area contributed by atoms with E-state index in [0.29, 0.717) is 23.5 Å². The molecule has 2 aliphatic heterocycles. The Labute approximate surface area is 324 Å². The van der Waals surface area contributed by atoms with Crippen molar-refractivity contribution in [3.05, 3.63) is 130 Å². The fourth-order valence-corrected chi connectivity index (χ4v) is 11.4. The molecule has 0 saturated carbocycles. The number of H-pyrrole nitrogens is 1. The van der Waals surface area contributed by atoms with Crippen LogP contribution in [0.4, 0.5) is 11.4 Å². The zero-order valence-electron chi connectivity index (χ0n) is 30.6. The van der Waals surface area contributed by atoms with Crippen LogP contribution in [0.25, 0.3) is 10.9 Å². The largest absolute Gasteiger partial charge is 0.432 e. The van der Waals surface area contributed by atoms with Crippen LogP contribution in [0.5, 0.6) is 0 Å². The van der Waals surface area contributed by atoms with Gasteiger partial charge in [0.2, 0.25) is 11.8 Å². The van der Waals surface area contributed by atoms with Crippen LogP contribution in [0.3, 0.4) is 0 Å². The smallest absolute Gasteiger partial charge is 0.264 e. The summed E-state index contributed by atoms with van der Waals surface area (Å²) in [6.07, 6.45) is 1.33. The van der Waals surface area contributed by atoms with Crippen molar-refractivity contribution < 1.29 is 29.0 Å². The minimum absolute atomic E-state index is 0.0370. The number of aliphatic hydroxyl groups is 1. The topological polar surface area (TPSA) is 135 Å². The van der Waals surface area contributed by atoms with Gasteiger partial charge in [-0.2, -0.15) is 0 Å². The molecule has 4 N–H and O–H groups in total. The number of aromatic nitrogens is 1. The lowest BCUT2D eigenvalue weighted by Gasteiger charge is -2.32. The maximum Gasteiger partial charge on any atom is 0.264 e. The van der Waals surface area contributed by atoms with Gasteiger partial charge in [-0.1, -0.05) is 83.5 Å². The van der Waals surface area contributed by atoms with Crippen LogP contribution in [-0.2, 0) is 44.2 Å². The first-order valence-corrected chi connectivity index (χ1v) is 22.1. The molecule has 54 heavy (non-hydrogen) atoms. The summed E-state index contributed by atoms with van der Waals surface area (Å²) in [6, 6.07) is 30.6. The van der Waals surface area contributed by atoms with Gasteiger partial charge in [-0.25, -0.2) is 0 Å². The summed E-state index contributed by atoms with van der Waals surface area (Å²) in [7, 11) is -3.02. The zero-order chi connectivity index (χ0) is 38.2. The van der Waals surface area contributed by atoms with Gasteiger partial charge in [0.1, 0.15) is 0 Å². The molecular weight excluding hydrogens is 764 g/mol. The molecule has 5 aromatic rings. The van der Waals surface area contributed by atoms with Gasteiger partial charge in [-0.15, -0.1) is 0 Å². The molecule has 10 nitrogen and oxygen atoms in total. The molecule has 1 spiro atoms. The highest BCUT2D eigenvalue weighted by Gasteiger charge is 2.66. The second kappa shape index (κ2) is 15.3. The summed E-state index contributed by atoms with van der Waals surface area (Å²) in [5.41, 5.74) is 3.91. The van der Waals surface area contributed by atoms with E-state index in [1.807, 2.05) is 123 Å². The lowest BCUT2D eigenvalue weighted by Crippen LogP contribution is -2.46. The van der Waals surface area contributed by atoms with Gasteiger partial charge in [0.25, 0.3) is 5.91 Å². The Morgan fingerprint density at radius 1 is 1.00 bits per heavy atom. The number of hydrogen-bond donors (Lipinski definition) is 4. The molecule has 3 heterocycles. The van der Waals surface area contributed by atoms with Crippen LogP contribution >= 0.6 is 15.9 Å². The molecule has 12 heteroatoms. The molecule has 1 fully saturated rings. The number of aromatic amines is 1. The lowest BCUT2D eigenvalue weighted by molar-refractivity contribution is -0.150. The van der Waals surface area contributed by atoms with Gasteiger partial charge in [0.05, 0.1) is 37.8 Å². The van der Waals surface area contributed by atoms with Crippen LogP contribution < -0.4 is 10.2 Å². The standard InChI is InChI=1S/C42H45BrN4O6Si/c1-27-40(54(2,3)52)37(23-39(50)46(19-20-48)25-28-9-5-4-6-10-28)53-42(27)34-22-31(43)15-18-36(34)47(41(42)51)26-29-13-16-32(17-14-29)45-38(49)21-30-24-44-35-12-8-7-11-33(30)35/h4-18,22,24,27,37,40,44,48,52H,19-21,23,25-26H2,1-3H3,(H,45,49)/t27-,37+,40-,42+/m1/s1. The fourth-order valence-electron chi connectivity index (χ4n) is 8.46. The molecule has 0 unspecified atom stereocenters. The summed E-state index contributed by atoms with van der Waals surface area (Å²) in [5.74, 6) is -1.03. The van der Waals surface area contributed by atoms with Gasteiger partial charge in [-0.05, 0) is 66.2 Å². The number of para-hydroxylation sites is 1. The summed E-state index contributed by atoms with van der Waals surface area (Å²) < 4.78 is 7.69. The Morgan fingerprint density at radius 2 is 1.72 bits per heavy atom. The van der Waals surface area contributed by atoms with Crippen molar-refractivity contribution in [2.24, 2.45) is 5.92 Å². The van der Waals surface area contributed by atoms with Crippen LogP contribution in [0.1, 0.15) is 35.6 Å². The molecule has 280 valence electrons. The van der Waals surface area contributed by atoms with Gasteiger partial charge >= 0.3 is 0 Å². The number of benzene rings is 4. The first-order chi connectivity index (χ1) is 25.9. The van der Waals surface area contributed by atoms with Gasteiger partial charge < -0.3 is 34.7 Å². The van der Waals surface area contributed by atoms with E-state index in [9.17, 15) is 24.3 Å². The first kappa shape index (κ1) is 37.7. The van der Waals surface area contributed by atoms with Crippen LogP contribution in [0.15, 0.2) is 108 Å². The van der Waals surface area contributed by atoms with Gasteiger partial charge in [0, 0.05) is 57.4 Å². The molecule has 4 atom stereocenters. The highest BCUT2D eigenvalue weighted by atomic mass is 79.9. The maximum atomic E-state index is 14.9. The minimum Gasteiger partial charge on any atom is -0.432 e. The third-order valence-electron chi connectivity index (χ3n) is 10.9. The van der Waals surface area contributed by atoms with Crippen molar-refractivity contribution in [1.29, 1.82) is 0 Å². The highest BCUT2D eigenvalue weighted by molar-refractivity contribution is 9.10. The Hall–Kier alpha value is -4.59. The van der Waals surface area contributed by atoms with Crippen LogP contribution in [0.2, 0.25) is 18.6 Å². The Balaban J connectivity index is 1.11. The van der Waals surface area contributed by atoms with Crippen molar-refractivity contribution in [2.75, 3.05) is 23.4 Å². The van der Waals surface area contributed by atoms with E-state index >= 15 is 0 Å². The molecule has 4 aromatic carbocycles. The second-order valence-corrected chi connectivity index (χ2v) is 19.8. The van der Waals surface area contributed by atoms with E-state index < -0.39 is 31.5 Å². The molecule has 0 bridgehead atoms. The van der Waals surface area contributed by atoms with E-state index in [1.54, 1.807) is 9.80 Å². The second-order valence-electron chi connectivity index (χ2n) is 14.9. The third-order valence-corrected chi connectivity index (χ3v) is 13.9. The highest BCUT2D eigenvalue weighted by Crippen LogP contribution is 2.60. The summed E-state index contributed by atoms with van der Waals surface area (Å²) in [6.45, 7) is 6.17. The number of aliphatic hydroxyl groups excluding tert-OH is 1. The van der Waals surface area contributed by atoms with E-state index in [-0.39, 0.29) is 50.3 Å². The Kier molecular flexibility index (Phi) is 10.7. The molecule has 2 aliphatic rings. The number of fused-ring (bicyclic) bond motifs is 3. The molecular formula is C42H45BrN4O6Si. The molecule has 1 saturated heterocycles. The monoisotopic (exact) mass is 808 g/mol. The normalized spacial score (nSPS) is 20.8. The van der Waals surface area contributed by atoms with Crippen molar-refractivity contribution in [2.45, 2.75) is 63.2 Å². The number of anilines is 2. The van der Waals surface area contributed by atoms with Crippen molar-refractivity contribution in [1.82, 2.24) is 9.88 Å². The van der Waals surface area contributed by atoms with Crippen molar-refractivity contribution in [3.63, 3.8) is 0 Å². The molecule has 0 radical (unpaired) electrons. The lowest BCUT2D eigenvalue weighted by atomic mass is 9.82. The summed E-state index contributed by atoms with van der Waals surface area (Å²) in [5, 5.41) is 13.8. The number of nitrogens with one attached hydrogen (secondary N) is 2. The predicted octanol–water partition coefficient (Wildman–Crippen LogP) is 6.87. The molecule has 7 rings (SSSR count). The van der Waals surface area contributed by atoms with E-state index in [1.165, 1.54) is 0 Å². The third kappa shape index (κ3) is 7.28. The van der Waals surface area contributed by atoms with Crippen molar-refractivity contribution in [3.8, 4) is 0 Å². The van der Waals surface area contributed by atoms with Crippen LogP contribution in [0, 0.1) is 5.92 Å². The fraction of sp³-hybridized carbons (Fsp3) is 0.310. The zero-order valence-corrected chi connectivity index (χ0v) is 33.2. The Bertz CT molecular complexity index is 2170. The van der Waals surface area contributed by atoms with Crippen molar-refractivity contribution >= 4 is 64.2 Å². The average Bonchev–Trinajstić information content (AvgIpc) is 3.75. The Morgan fingerprint density at radius 3 is 2.44 bits per heavy atom. The van der Waals surface area contributed by atoms with E-state index in [0.717, 1.165) is 32.1 Å². The number of amides is 3. The quantitative estimate of drug-likeness (QED) is 0.102. The number of rotatable bonds is 12. The number of hydrogen-bond acceptors (Lipinski definition) is 6. The first-order valence-electron chi connectivity index (χ1n) is 18.3. The minimum atomic E-state index is -3.02. The molecule has 0 aliphatic carbocycles. The number of halogens is 1. The maximum absolute atomic E-state index is 14.9. The number of carbonyl (C=O) groups excluding carboxylic acids is 3. The summed E-state index contributed by atoms with van der Waals surface area (Å²) >= 11 is 3.61. The number of ether oxygens (including phenoxy) is 1. The van der Waals surface area contributed by atoms with Gasteiger partial charge in [-0.3, -0.25) is 14.4 Å². The number of carbonyl (C=O) groups is 3. The summed E-state index contributed by atoms with van der Waals surface area (Å²) in [4.78, 5) is 60.0. The van der Waals surface area contributed by atoms with Gasteiger partial charge in [0.15, 0.2) is 13.9 Å². The molecule has 1 aromatic heterocycles. The van der Waals surface area contributed by atoms with E-state index in [4.69, 9.17) is 4.74 Å². The SMILES string of the molecule is C[C@@H]1[C@@H]([Si](C)(C)O)[C@H](CC(=O)N(CCO)Cc2ccccc2)O[C@@]12C(=O)N(Cc1ccc(NC(=O)Cc3c[nH]c4ccccc34)cc1)c1ccc(Br)cc12.